The van der Waals surface area contributed by atoms with E-state index in [1.165, 1.54) is 56.3 Å². The average molecular weight is 317 g/mol. The van der Waals surface area contributed by atoms with Gasteiger partial charge in [-0.05, 0) is 56.5 Å². The van der Waals surface area contributed by atoms with Crippen LogP contribution in [0.5, 0.6) is 0 Å². The number of hydrogen-bond acceptors (Lipinski definition) is 4. The van der Waals surface area contributed by atoms with Gasteiger partial charge < -0.3 is 9.64 Å². The van der Waals surface area contributed by atoms with Gasteiger partial charge in [0.25, 0.3) is 0 Å². The molecule has 1 aromatic rings. The molecule has 0 unspecified atom stereocenters. The Kier molecular flexibility index (Phi) is 5.90. The quantitative estimate of drug-likeness (QED) is 0.830. The molecule has 2 aliphatic rings. The third-order valence-corrected chi connectivity index (χ3v) is 5.18. The summed E-state index contributed by atoms with van der Waals surface area (Å²) in [5.41, 5.74) is 2.72. The van der Waals surface area contributed by atoms with Crippen molar-refractivity contribution in [3.05, 3.63) is 23.4 Å². The van der Waals surface area contributed by atoms with Crippen molar-refractivity contribution in [1.82, 2.24) is 9.88 Å². The summed E-state index contributed by atoms with van der Waals surface area (Å²) in [5, 5.41) is 0. The molecule has 0 amide bonds. The van der Waals surface area contributed by atoms with Crippen LogP contribution in [0.4, 0.5) is 5.82 Å². The topological polar surface area (TPSA) is 28.6 Å². The molecule has 3 rings (SSSR count). The standard InChI is InChI=1S/C19H31N3O/c1-3-4-8-21-9-6-5-7-18(21)17-14-16(2)19(20-15-17)22-10-12-23-13-11-22/h14-15,18H,3-13H2,1-2H3/t18-/m0/s1. The molecule has 0 spiro atoms. The number of aromatic nitrogens is 1. The van der Waals surface area contributed by atoms with E-state index < -0.39 is 0 Å². The van der Waals surface area contributed by atoms with Gasteiger partial charge in [-0.15, -0.1) is 0 Å². The summed E-state index contributed by atoms with van der Waals surface area (Å²) in [6, 6.07) is 2.95. The predicted molar refractivity (Wildman–Crippen MR) is 95.1 cm³/mol. The van der Waals surface area contributed by atoms with Gasteiger partial charge in [-0.25, -0.2) is 4.98 Å². The number of anilines is 1. The molecule has 23 heavy (non-hydrogen) atoms. The Morgan fingerprint density at radius 1 is 1.22 bits per heavy atom. The Bertz CT molecular complexity index is 499. The van der Waals surface area contributed by atoms with Gasteiger partial charge in [0.1, 0.15) is 5.82 Å². The van der Waals surface area contributed by atoms with E-state index in [-0.39, 0.29) is 0 Å². The monoisotopic (exact) mass is 317 g/mol. The number of pyridine rings is 1. The van der Waals surface area contributed by atoms with Crippen molar-refractivity contribution in [3.63, 3.8) is 0 Å². The van der Waals surface area contributed by atoms with Crippen LogP contribution in [-0.4, -0.2) is 49.3 Å². The Hall–Kier alpha value is -1.13. The molecule has 0 N–H and O–H groups in total. The van der Waals surface area contributed by atoms with Gasteiger partial charge in [-0.3, -0.25) is 4.90 Å². The molecule has 2 fully saturated rings. The van der Waals surface area contributed by atoms with Gasteiger partial charge in [0.15, 0.2) is 0 Å². The summed E-state index contributed by atoms with van der Waals surface area (Å²) < 4.78 is 5.46. The van der Waals surface area contributed by atoms with E-state index in [9.17, 15) is 0 Å². The third-order valence-electron chi connectivity index (χ3n) is 5.18. The van der Waals surface area contributed by atoms with Crippen molar-refractivity contribution in [2.45, 2.75) is 52.0 Å². The van der Waals surface area contributed by atoms with E-state index in [2.05, 4.69) is 35.9 Å². The third kappa shape index (κ3) is 4.04. The van der Waals surface area contributed by atoms with E-state index in [4.69, 9.17) is 9.72 Å². The normalized spacial score (nSPS) is 23.2. The minimum atomic E-state index is 0.570. The van der Waals surface area contributed by atoms with Gasteiger partial charge in [0.2, 0.25) is 0 Å². The maximum Gasteiger partial charge on any atom is 0.131 e. The molecule has 4 nitrogen and oxygen atoms in total. The van der Waals surface area contributed by atoms with Crippen LogP contribution >= 0.6 is 0 Å². The Balaban J connectivity index is 1.75. The number of likely N-dealkylation sites (tertiary alicyclic amines) is 1. The van der Waals surface area contributed by atoms with E-state index in [1.807, 2.05) is 0 Å². The van der Waals surface area contributed by atoms with Gasteiger partial charge in [0.05, 0.1) is 13.2 Å². The molecule has 0 saturated carbocycles. The SMILES string of the molecule is CCCCN1CCCC[C@H]1c1cnc(N2CCOCC2)c(C)c1. The lowest BCUT2D eigenvalue weighted by atomic mass is 9.95. The summed E-state index contributed by atoms with van der Waals surface area (Å²) in [4.78, 5) is 9.87. The second-order valence-corrected chi connectivity index (χ2v) is 6.91. The van der Waals surface area contributed by atoms with Gasteiger partial charge in [-0.1, -0.05) is 19.8 Å². The van der Waals surface area contributed by atoms with Crippen LogP contribution in [0.3, 0.4) is 0 Å². The lowest BCUT2D eigenvalue weighted by molar-refractivity contribution is 0.122. The first-order valence-corrected chi connectivity index (χ1v) is 9.33. The fraction of sp³-hybridized carbons (Fsp3) is 0.737. The number of morpholine rings is 1. The van der Waals surface area contributed by atoms with Crippen LogP contribution in [0.15, 0.2) is 12.3 Å². The molecule has 2 aliphatic heterocycles. The Morgan fingerprint density at radius 2 is 2.04 bits per heavy atom. The summed E-state index contributed by atoms with van der Waals surface area (Å²) >= 11 is 0. The number of rotatable bonds is 5. The zero-order chi connectivity index (χ0) is 16.1. The van der Waals surface area contributed by atoms with E-state index >= 15 is 0 Å². The number of aryl methyl sites for hydroxylation is 1. The van der Waals surface area contributed by atoms with E-state index in [0.717, 1.165) is 32.1 Å². The second-order valence-electron chi connectivity index (χ2n) is 6.91. The number of ether oxygens (including phenoxy) is 1. The zero-order valence-electron chi connectivity index (χ0n) is 14.8. The van der Waals surface area contributed by atoms with Gasteiger partial charge >= 0.3 is 0 Å². The highest BCUT2D eigenvalue weighted by Gasteiger charge is 2.24. The number of nitrogens with zero attached hydrogens (tertiary/aromatic N) is 3. The molecule has 0 aromatic carbocycles. The number of piperidine rings is 1. The Morgan fingerprint density at radius 3 is 2.78 bits per heavy atom. The highest BCUT2D eigenvalue weighted by Crippen LogP contribution is 2.32. The highest BCUT2D eigenvalue weighted by atomic mass is 16.5. The fourth-order valence-corrected chi connectivity index (χ4v) is 3.88. The first kappa shape index (κ1) is 16.7. The summed E-state index contributed by atoms with van der Waals surface area (Å²) in [7, 11) is 0. The van der Waals surface area contributed by atoms with Crippen molar-refractivity contribution in [2.24, 2.45) is 0 Å². The van der Waals surface area contributed by atoms with Gasteiger partial charge in [-0.2, -0.15) is 0 Å². The molecule has 4 heteroatoms. The Labute approximate surface area is 140 Å². The molecule has 128 valence electrons. The molecule has 2 saturated heterocycles. The lowest BCUT2D eigenvalue weighted by Crippen LogP contribution is -2.37. The largest absolute Gasteiger partial charge is 0.378 e. The van der Waals surface area contributed by atoms with Crippen molar-refractivity contribution in [1.29, 1.82) is 0 Å². The average Bonchev–Trinajstić information content (AvgIpc) is 2.61. The number of hydrogen-bond donors (Lipinski definition) is 0. The van der Waals surface area contributed by atoms with Crippen LogP contribution in [0.2, 0.25) is 0 Å². The van der Waals surface area contributed by atoms with E-state index in [1.54, 1.807) is 0 Å². The zero-order valence-corrected chi connectivity index (χ0v) is 14.8. The summed E-state index contributed by atoms with van der Waals surface area (Å²) in [6.45, 7) is 10.5. The fourth-order valence-electron chi connectivity index (χ4n) is 3.88. The summed E-state index contributed by atoms with van der Waals surface area (Å²) in [5.74, 6) is 1.15. The highest BCUT2D eigenvalue weighted by molar-refractivity contribution is 5.48. The van der Waals surface area contributed by atoms with Crippen molar-refractivity contribution in [2.75, 3.05) is 44.3 Å². The van der Waals surface area contributed by atoms with Crippen LogP contribution in [0.1, 0.15) is 56.2 Å². The maximum atomic E-state index is 5.46. The predicted octanol–water partition coefficient (Wildman–Crippen LogP) is 3.55. The van der Waals surface area contributed by atoms with Gasteiger partial charge in [0, 0.05) is 25.3 Å². The molecular weight excluding hydrogens is 286 g/mol. The molecule has 0 bridgehead atoms. The summed E-state index contributed by atoms with van der Waals surface area (Å²) in [6.07, 6.45) is 8.68. The minimum Gasteiger partial charge on any atom is -0.378 e. The molecule has 1 atom stereocenters. The molecule has 3 heterocycles. The maximum absolute atomic E-state index is 5.46. The van der Waals surface area contributed by atoms with Crippen LogP contribution < -0.4 is 4.90 Å². The molecule has 0 aliphatic carbocycles. The molecule has 0 radical (unpaired) electrons. The van der Waals surface area contributed by atoms with Crippen molar-refractivity contribution >= 4 is 5.82 Å². The van der Waals surface area contributed by atoms with E-state index in [0.29, 0.717) is 6.04 Å². The first-order chi connectivity index (χ1) is 11.3. The van der Waals surface area contributed by atoms with Crippen molar-refractivity contribution < 1.29 is 4.74 Å². The molecule has 1 aromatic heterocycles. The first-order valence-electron chi connectivity index (χ1n) is 9.33. The van der Waals surface area contributed by atoms with Crippen LogP contribution in [0, 0.1) is 6.92 Å². The lowest BCUT2D eigenvalue weighted by Gasteiger charge is -2.36. The molecular formula is C19H31N3O. The minimum absolute atomic E-state index is 0.570. The number of unbranched alkanes of at least 4 members (excludes halogenated alkanes) is 1. The van der Waals surface area contributed by atoms with Crippen molar-refractivity contribution in [3.8, 4) is 0 Å². The smallest absolute Gasteiger partial charge is 0.131 e. The van der Waals surface area contributed by atoms with Crippen LogP contribution in [-0.2, 0) is 4.74 Å². The second kappa shape index (κ2) is 8.11. The van der Waals surface area contributed by atoms with Crippen LogP contribution in [0.25, 0.3) is 0 Å².